The van der Waals surface area contributed by atoms with Gasteiger partial charge in [-0.25, -0.2) is 14.6 Å². The molecule has 1 fully saturated rings. The van der Waals surface area contributed by atoms with Crippen molar-refractivity contribution in [2.24, 2.45) is 5.92 Å². The van der Waals surface area contributed by atoms with Crippen LogP contribution in [0.5, 0.6) is 0 Å². The van der Waals surface area contributed by atoms with Crippen LogP contribution in [0.1, 0.15) is 17.8 Å². The Kier molecular flexibility index (Phi) is 3.78. The Balaban J connectivity index is 1.66. The Morgan fingerprint density at radius 3 is 3.14 bits per heavy atom. The van der Waals surface area contributed by atoms with E-state index in [9.17, 15) is 14.7 Å². The maximum atomic E-state index is 12.3. The summed E-state index contributed by atoms with van der Waals surface area (Å²) in [6, 6.07) is -1.23. The first kappa shape index (κ1) is 13.9. The number of hydrogen-bond acceptors (Lipinski definition) is 4. The third-order valence-corrected chi connectivity index (χ3v) is 4.01. The fourth-order valence-corrected chi connectivity index (χ4v) is 2.75. The zero-order chi connectivity index (χ0) is 14.8. The highest BCUT2D eigenvalue weighted by Gasteiger charge is 2.36. The van der Waals surface area contributed by atoms with E-state index in [1.807, 2.05) is 0 Å². The van der Waals surface area contributed by atoms with Crippen molar-refractivity contribution in [2.75, 3.05) is 19.8 Å². The summed E-state index contributed by atoms with van der Waals surface area (Å²) in [6.07, 6.45) is 2.68. The molecule has 114 valence electrons. The number of imidazole rings is 1. The molecule has 1 aromatic heterocycles. The van der Waals surface area contributed by atoms with Crippen molar-refractivity contribution in [3.63, 3.8) is 0 Å². The minimum atomic E-state index is -1.01. The van der Waals surface area contributed by atoms with Crippen molar-refractivity contribution in [3.8, 4) is 0 Å². The lowest BCUT2D eigenvalue weighted by Gasteiger charge is -2.32. The number of aromatic amines is 1. The molecule has 21 heavy (non-hydrogen) atoms. The first-order valence-corrected chi connectivity index (χ1v) is 7.01. The molecule has 0 saturated carbocycles. The summed E-state index contributed by atoms with van der Waals surface area (Å²) in [5.41, 5.74) is 1.52. The van der Waals surface area contributed by atoms with Crippen molar-refractivity contribution in [2.45, 2.75) is 25.4 Å². The Morgan fingerprint density at radius 1 is 1.57 bits per heavy atom. The van der Waals surface area contributed by atoms with Gasteiger partial charge in [0.1, 0.15) is 6.04 Å². The Bertz CT molecular complexity index is 538. The van der Waals surface area contributed by atoms with Crippen LogP contribution in [0.15, 0.2) is 6.33 Å². The van der Waals surface area contributed by atoms with Crippen LogP contribution in [0.2, 0.25) is 0 Å². The van der Waals surface area contributed by atoms with E-state index in [2.05, 4.69) is 15.3 Å². The van der Waals surface area contributed by atoms with E-state index < -0.39 is 12.0 Å². The van der Waals surface area contributed by atoms with Gasteiger partial charge < -0.3 is 25.0 Å². The molecule has 3 heterocycles. The van der Waals surface area contributed by atoms with Crippen LogP contribution in [-0.2, 0) is 22.5 Å². The van der Waals surface area contributed by atoms with Crippen LogP contribution >= 0.6 is 0 Å². The largest absolute Gasteiger partial charge is 0.480 e. The van der Waals surface area contributed by atoms with E-state index in [4.69, 9.17) is 4.74 Å². The van der Waals surface area contributed by atoms with Crippen molar-refractivity contribution >= 4 is 12.0 Å². The summed E-state index contributed by atoms with van der Waals surface area (Å²) in [4.78, 5) is 32.1. The van der Waals surface area contributed by atoms with Gasteiger partial charge in [-0.2, -0.15) is 0 Å². The molecule has 2 aliphatic heterocycles. The smallest absolute Gasteiger partial charge is 0.326 e. The zero-order valence-corrected chi connectivity index (χ0v) is 11.5. The van der Waals surface area contributed by atoms with Crippen LogP contribution in [0.25, 0.3) is 0 Å². The van der Waals surface area contributed by atoms with E-state index in [0.29, 0.717) is 19.1 Å². The van der Waals surface area contributed by atoms with Gasteiger partial charge in [0.05, 0.1) is 30.9 Å². The summed E-state index contributed by atoms with van der Waals surface area (Å²) in [6.45, 7) is 2.11. The predicted octanol–water partition coefficient (Wildman–Crippen LogP) is -0.0329. The van der Waals surface area contributed by atoms with Gasteiger partial charge in [-0.05, 0) is 6.42 Å². The minimum Gasteiger partial charge on any atom is -0.480 e. The van der Waals surface area contributed by atoms with Crippen LogP contribution < -0.4 is 5.32 Å². The minimum absolute atomic E-state index is 0.230. The fourth-order valence-electron chi connectivity index (χ4n) is 2.75. The number of rotatable bonds is 3. The molecular formula is C13H18N4O4. The lowest BCUT2D eigenvalue weighted by molar-refractivity contribution is -0.142. The average molecular weight is 294 g/mol. The topological polar surface area (TPSA) is 108 Å². The predicted molar refractivity (Wildman–Crippen MR) is 71.6 cm³/mol. The second-order valence-electron chi connectivity index (χ2n) is 5.43. The highest BCUT2D eigenvalue weighted by molar-refractivity contribution is 5.83. The van der Waals surface area contributed by atoms with Crippen molar-refractivity contribution < 1.29 is 19.4 Å². The monoisotopic (exact) mass is 294 g/mol. The number of urea groups is 1. The van der Waals surface area contributed by atoms with Gasteiger partial charge in [0.25, 0.3) is 0 Å². The number of nitrogens with zero attached hydrogens (tertiary/aromatic N) is 2. The molecule has 2 amide bonds. The molecule has 0 radical (unpaired) electrons. The summed E-state index contributed by atoms with van der Waals surface area (Å²) >= 11 is 0. The maximum Gasteiger partial charge on any atom is 0.326 e. The zero-order valence-electron chi connectivity index (χ0n) is 11.5. The van der Waals surface area contributed by atoms with Gasteiger partial charge in [0.15, 0.2) is 0 Å². The third kappa shape index (κ3) is 2.85. The number of nitrogens with one attached hydrogen (secondary N) is 2. The van der Waals surface area contributed by atoms with E-state index in [0.717, 1.165) is 24.4 Å². The molecule has 0 aromatic carbocycles. The molecule has 3 rings (SSSR count). The molecule has 0 aliphatic carbocycles. The van der Waals surface area contributed by atoms with Crippen LogP contribution in [0.4, 0.5) is 4.79 Å². The van der Waals surface area contributed by atoms with Crippen molar-refractivity contribution in [1.29, 1.82) is 0 Å². The number of carbonyl (C=O) groups excluding carboxylic acids is 1. The summed E-state index contributed by atoms with van der Waals surface area (Å²) in [7, 11) is 0. The van der Waals surface area contributed by atoms with Crippen LogP contribution in [-0.4, -0.2) is 57.8 Å². The number of carboxylic acids is 1. The molecular weight excluding hydrogens is 276 g/mol. The van der Waals surface area contributed by atoms with Gasteiger partial charge in [-0.1, -0.05) is 0 Å². The average Bonchev–Trinajstić information content (AvgIpc) is 3.13. The lowest BCUT2D eigenvalue weighted by Crippen LogP contribution is -2.53. The lowest BCUT2D eigenvalue weighted by atomic mass is 10.0. The van der Waals surface area contributed by atoms with Crippen LogP contribution in [0.3, 0.4) is 0 Å². The number of amides is 2. The summed E-state index contributed by atoms with van der Waals surface area (Å²) < 4.78 is 5.26. The normalized spacial score (nSPS) is 24.7. The molecule has 2 unspecified atom stereocenters. The van der Waals surface area contributed by atoms with Gasteiger partial charge in [0, 0.05) is 25.5 Å². The summed E-state index contributed by atoms with van der Waals surface area (Å²) in [5.74, 6) is -0.701. The molecule has 8 nitrogen and oxygen atoms in total. The van der Waals surface area contributed by atoms with Gasteiger partial charge in [-0.3, -0.25) is 0 Å². The Morgan fingerprint density at radius 2 is 2.43 bits per heavy atom. The summed E-state index contributed by atoms with van der Waals surface area (Å²) in [5, 5.41) is 12.1. The highest BCUT2D eigenvalue weighted by atomic mass is 16.5. The molecule has 0 bridgehead atoms. The SMILES string of the molecule is O=C(O)C1Cc2nc[nH]c2CN1C(=O)NCC1CCOC1. The molecule has 2 atom stereocenters. The molecule has 1 aromatic rings. The van der Waals surface area contributed by atoms with Crippen LogP contribution in [0, 0.1) is 5.92 Å². The maximum absolute atomic E-state index is 12.3. The fraction of sp³-hybridized carbons (Fsp3) is 0.615. The molecule has 3 N–H and O–H groups in total. The number of carbonyl (C=O) groups is 2. The molecule has 0 spiro atoms. The molecule has 8 heteroatoms. The number of hydrogen-bond donors (Lipinski definition) is 3. The number of fused-ring (bicyclic) bond motifs is 1. The van der Waals surface area contributed by atoms with Gasteiger partial charge in [0.2, 0.25) is 0 Å². The second-order valence-corrected chi connectivity index (χ2v) is 5.43. The number of aliphatic carboxylic acids is 1. The van der Waals surface area contributed by atoms with Gasteiger partial charge >= 0.3 is 12.0 Å². The molecule has 1 saturated heterocycles. The van der Waals surface area contributed by atoms with Crippen molar-refractivity contribution in [1.82, 2.24) is 20.2 Å². The number of H-pyrrole nitrogens is 1. The molecule has 2 aliphatic rings. The van der Waals surface area contributed by atoms with E-state index >= 15 is 0 Å². The second kappa shape index (κ2) is 5.72. The van der Waals surface area contributed by atoms with E-state index in [1.54, 1.807) is 0 Å². The number of ether oxygens (including phenoxy) is 1. The standard InChI is InChI=1S/C13H18N4O4/c18-12(19)11-3-9-10(16-7-15-9)5-17(11)13(20)14-4-8-1-2-21-6-8/h7-8,11H,1-6H2,(H,14,20)(H,15,16)(H,18,19). The van der Waals surface area contributed by atoms with Gasteiger partial charge in [-0.15, -0.1) is 0 Å². The Hall–Kier alpha value is -2.09. The third-order valence-electron chi connectivity index (χ3n) is 4.01. The first-order chi connectivity index (χ1) is 10.1. The first-order valence-electron chi connectivity index (χ1n) is 7.01. The number of aromatic nitrogens is 2. The Labute approximate surface area is 121 Å². The van der Waals surface area contributed by atoms with E-state index in [-0.39, 0.29) is 19.0 Å². The quantitative estimate of drug-likeness (QED) is 0.725. The van der Waals surface area contributed by atoms with E-state index in [1.165, 1.54) is 11.2 Å². The van der Waals surface area contributed by atoms with Crippen molar-refractivity contribution in [3.05, 3.63) is 17.7 Å². The number of carboxylic acid groups (broad SMARTS) is 1. The highest BCUT2D eigenvalue weighted by Crippen LogP contribution is 2.21.